The van der Waals surface area contributed by atoms with Gasteiger partial charge in [-0.25, -0.2) is 0 Å². The Morgan fingerprint density at radius 3 is 2.88 bits per heavy atom. The van der Waals surface area contributed by atoms with Crippen molar-refractivity contribution in [2.24, 2.45) is 7.05 Å². The number of hydrogen-bond acceptors (Lipinski definition) is 4. The van der Waals surface area contributed by atoms with Crippen molar-refractivity contribution in [2.75, 3.05) is 0 Å². The van der Waals surface area contributed by atoms with Gasteiger partial charge in [0.1, 0.15) is 0 Å². The monoisotopic (exact) mass is 331 g/mol. The number of aromatic nitrogens is 4. The first kappa shape index (κ1) is 16.7. The number of rotatable bonds is 4. The molecule has 130 valence electrons. The maximum atomic E-state index is 13.1. The van der Waals surface area contributed by atoms with Crippen molar-refractivity contribution >= 4 is 5.91 Å². The molecule has 0 fully saturated rings. The molecule has 1 N–H and O–H groups in total. The van der Waals surface area contributed by atoms with Gasteiger partial charge in [0.05, 0.1) is 24.1 Å². The molecule has 0 spiro atoms. The molecule has 0 saturated heterocycles. The van der Waals surface area contributed by atoms with Crippen molar-refractivity contribution in [1.29, 1.82) is 0 Å². The quantitative estimate of drug-likeness (QED) is 0.932. The summed E-state index contributed by atoms with van der Waals surface area (Å²) in [6.45, 7) is 8.56. The number of fused-ring (bicyclic) bond motifs is 1. The number of nitrogens with zero attached hydrogens (tertiary/aromatic N) is 4. The van der Waals surface area contributed by atoms with Crippen LogP contribution in [0.25, 0.3) is 0 Å². The average Bonchev–Trinajstić information content (AvgIpc) is 3.10. The average molecular weight is 331 g/mol. The molecular weight excluding hydrogens is 306 g/mol. The first-order valence-corrected chi connectivity index (χ1v) is 8.38. The van der Waals surface area contributed by atoms with Gasteiger partial charge in [0, 0.05) is 43.4 Å². The number of hydrogen-bond donors (Lipinski definition) is 1. The number of nitrogens with one attached hydrogen (secondary N) is 1. The van der Waals surface area contributed by atoms with Crippen LogP contribution in [0.1, 0.15) is 61.1 Å². The van der Waals surface area contributed by atoms with E-state index < -0.39 is 0 Å². The Bertz CT molecular complexity index is 733. The topological polar surface area (TPSA) is 76.0 Å². The van der Waals surface area contributed by atoms with E-state index in [0.29, 0.717) is 18.7 Å². The lowest BCUT2D eigenvalue weighted by atomic mass is 9.99. The molecule has 0 saturated carbocycles. The Morgan fingerprint density at radius 1 is 1.50 bits per heavy atom. The third-order valence-corrected chi connectivity index (χ3v) is 4.43. The van der Waals surface area contributed by atoms with Crippen LogP contribution < -0.4 is 0 Å². The number of ether oxygens (including phenoxy) is 1. The van der Waals surface area contributed by atoms with Crippen LogP contribution in [0, 0.1) is 0 Å². The molecule has 3 heterocycles. The minimum atomic E-state index is -0.0661. The zero-order valence-corrected chi connectivity index (χ0v) is 14.9. The predicted octanol–water partition coefficient (Wildman–Crippen LogP) is 2.22. The summed E-state index contributed by atoms with van der Waals surface area (Å²) in [4.78, 5) is 15.0. The molecule has 0 aromatic carbocycles. The lowest BCUT2D eigenvalue weighted by Crippen LogP contribution is -2.37. The molecule has 0 radical (unpaired) electrons. The Hall–Kier alpha value is -2.15. The summed E-state index contributed by atoms with van der Waals surface area (Å²) in [7, 11) is 1.87. The van der Waals surface area contributed by atoms with Crippen molar-refractivity contribution in [3.05, 3.63) is 34.9 Å². The molecule has 2 aromatic rings. The molecule has 1 amide bonds. The Labute approximate surface area is 142 Å². The van der Waals surface area contributed by atoms with E-state index in [2.05, 4.69) is 15.3 Å². The Balaban J connectivity index is 1.88. The van der Waals surface area contributed by atoms with Gasteiger partial charge in [-0.15, -0.1) is 0 Å². The fourth-order valence-corrected chi connectivity index (χ4v) is 3.23. The minimum absolute atomic E-state index is 0.0485. The summed E-state index contributed by atoms with van der Waals surface area (Å²) in [6, 6.07) is 0.0692. The van der Waals surface area contributed by atoms with Gasteiger partial charge in [0.2, 0.25) is 0 Å². The van der Waals surface area contributed by atoms with Crippen molar-refractivity contribution < 1.29 is 9.53 Å². The van der Waals surface area contributed by atoms with Crippen molar-refractivity contribution in [1.82, 2.24) is 24.9 Å². The van der Waals surface area contributed by atoms with E-state index in [4.69, 9.17) is 4.74 Å². The lowest BCUT2D eigenvalue weighted by Gasteiger charge is -2.28. The maximum absolute atomic E-state index is 13.1. The maximum Gasteiger partial charge on any atom is 0.275 e. The molecule has 0 bridgehead atoms. The van der Waals surface area contributed by atoms with Gasteiger partial charge in [0.25, 0.3) is 5.91 Å². The summed E-state index contributed by atoms with van der Waals surface area (Å²) in [5.74, 6) is -0.0485. The van der Waals surface area contributed by atoms with Gasteiger partial charge in [-0.2, -0.15) is 10.2 Å². The number of aryl methyl sites for hydroxylation is 1. The molecule has 7 nitrogen and oxygen atoms in total. The van der Waals surface area contributed by atoms with Gasteiger partial charge in [-0.3, -0.25) is 14.6 Å². The first-order chi connectivity index (χ1) is 11.4. The molecule has 0 unspecified atom stereocenters. The third kappa shape index (κ3) is 3.08. The highest BCUT2D eigenvalue weighted by Gasteiger charge is 2.32. The van der Waals surface area contributed by atoms with Gasteiger partial charge in [-0.05, 0) is 27.7 Å². The molecule has 0 aliphatic carbocycles. The van der Waals surface area contributed by atoms with Crippen LogP contribution >= 0.6 is 0 Å². The van der Waals surface area contributed by atoms with E-state index in [-0.39, 0.29) is 24.2 Å². The number of aromatic amines is 1. The molecule has 7 heteroatoms. The van der Waals surface area contributed by atoms with Gasteiger partial charge in [-0.1, -0.05) is 0 Å². The normalized spacial score (nSPS) is 20.2. The third-order valence-electron chi connectivity index (χ3n) is 4.43. The second kappa shape index (κ2) is 6.39. The summed E-state index contributed by atoms with van der Waals surface area (Å²) < 4.78 is 7.55. The lowest BCUT2D eigenvalue weighted by molar-refractivity contribution is -0.00703. The smallest absolute Gasteiger partial charge is 0.275 e. The second-order valence-corrected chi connectivity index (χ2v) is 6.81. The number of H-pyrrole nitrogens is 1. The van der Waals surface area contributed by atoms with E-state index in [1.54, 1.807) is 10.9 Å². The largest absolute Gasteiger partial charge is 0.369 e. The summed E-state index contributed by atoms with van der Waals surface area (Å²) in [5.41, 5.74) is 3.43. The van der Waals surface area contributed by atoms with Crippen LogP contribution in [0.15, 0.2) is 12.4 Å². The molecular formula is C17H25N5O2. The van der Waals surface area contributed by atoms with E-state index in [1.165, 1.54) is 0 Å². The van der Waals surface area contributed by atoms with Crippen molar-refractivity contribution in [2.45, 2.75) is 58.9 Å². The highest BCUT2D eigenvalue weighted by atomic mass is 16.5. The van der Waals surface area contributed by atoms with Crippen LogP contribution in [0.2, 0.25) is 0 Å². The summed E-state index contributed by atoms with van der Waals surface area (Å²) in [6.07, 6.45) is 4.45. The second-order valence-electron chi connectivity index (χ2n) is 6.81. The SMILES string of the molecule is CC(C)N(Cc1cnn(C)c1)C(=O)c1n[nH]c2c1C[C@H](C)O[C@@H]2C. The first-order valence-electron chi connectivity index (χ1n) is 8.38. The van der Waals surface area contributed by atoms with Crippen LogP contribution in [0.5, 0.6) is 0 Å². The van der Waals surface area contributed by atoms with Crippen LogP contribution in [-0.4, -0.2) is 42.9 Å². The zero-order valence-electron chi connectivity index (χ0n) is 14.9. The van der Waals surface area contributed by atoms with Gasteiger partial charge in [0.15, 0.2) is 5.69 Å². The molecule has 3 rings (SSSR count). The van der Waals surface area contributed by atoms with Gasteiger partial charge < -0.3 is 9.64 Å². The molecule has 24 heavy (non-hydrogen) atoms. The standard InChI is InChI=1S/C17H25N5O2/c1-10(2)22(9-13-7-18-21(5)8-13)17(23)16-14-6-11(3)24-12(4)15(14)19-20-16/h7-8,10-12H,6,9H2,1-5H3,(H,19,20)/t11-,12+/m0/s1. The number of carbonyl (C=O) groups is 1. The minimum Gasteiger partial charge on any atom is -0.369 e. The molecule has 1 aliphatic heterocycles. The Kier molecular flexibility index (Phi) is 4.45. The number of carbonyl (C=O) groups excluding carboxylic acids is 1. The summed E-state index contributed by atoms with van der Waals surface area (Å²) in [5, 5.41) is 11.5. The molecule has 2 aromatic heterocycles. The Morgan fingerprint density at radius 2 is 2.25 bits per heavy atom. The number of amides is 1. The van der Waals surface area contributed by atoms with Crippen LogP contribution in [0.4, 0.5) is 0 Å². The molecule has 1 aliphatic rings. The summed E-state index contributed by atoms with van der Waals surface area (Å²) >= 11 is 0. The van der Waals surface area contributed by atoms with Crippen LogP contribution in [-0.2, 0) is 24.8 Å². The predicted molar refractivity (Wildman–Crippen MR) is 89.5 cm³/mol. The highest BCUT2D eigenvalue weighted by molar-refractivity contribution is 5.94. The fraction of sp³-hybridized carbons (Fsp3) is 0.588. The van der Waals surface area contributed by atoms with Crippen molar-refractivity contribution in [3.8, 4) is 0 Å². The zero-order chi connectivity index (χ0) is 17.4. The fourth-order valence-electron chi connectivity index (χ4n) is 3.23. The van der Waals surface area contributed by atoms with Crippen LogP contribution in [0.3, 0.4) is 0 Å². The van der Waals surface area contributed by atoms with Crippen molar-refractivity contribution in [3.63, 3.8) is 0 Å². The van der Waals surface area contributed by atoms with E-state index >= 15 is 0 Å². The van der Waals surface area contributed by atoms with E-state index in [9.17, 15) is 4.79 Å². The molecule has 2 atom stereocenters. The van der Waals surface area contributed by atoms with E-state index in [0.717, 1.165) is 16.8 Å². The highest BCUT2D eigenvalue weighted by Crippen LogP contribution is 2.31. The van der Waals surface area contributed by atoms with Gasteiger partial charge >= 0.3 is 0 Å². The van der Waals surface area contributed by atoms with E-state index in [1.807, 2.05) is 45.8 Å².